The quantitative estimate of drug-likeness (QED) is 0.403. The van der Waals surface area contributed by atoms with Gasteiger partial charge in [-0.3, -0.25) is 14.6 Å². The van der Waals surface area contributed by atoms with E-state index in [4.69, 9.17) is 19.2 Å². The number of methoxy groups -OCH3 is 2. The normalized spacial score (nSPS) is 21.8. The fourth-order valence-electron chi connectivity index (χ4n) is 5.06. The summed E-state index contributed by atoms with van der Waals surface area (Å²) >= 11 is 3.64. The van der Waals surface area contributed by atoms with Gasteiger partial charge in [0.15, 0.2) is 17.3 Å². The third-order valence-corrected chi connectivity index (χ3v) is 7.43. The van der Waals surface area contributed by atoms with Crippen LogP contribution in [0.1, 0.15) is 56.1 Å². The Morgan fingerprint density at radius 1 is 1.09 bits per heavy atom. The molecule has 184 valence electrons. The molecule has 3 atom stereocenters. The molecule has 4 rings (SSSR count). The lowest BCUT2D eigenvalue weighted by molar-refractivity contribution is -0.146. The Labute approximate surface area is 214 Å². The number of rotatable bonds is 7. The topological polar surface area (TPSA) is 74.2 Å². The van der Waals surface area contributed by atoms with E-state index in [1.165, 1.54) is 0 Å². The number of carbonyl (C=O) groups excluding carboxylic acids is 2. The summed E-state index contributed by atoms with van der Waals surface area (Å²) in [7, 11) is 3.20. The smallest absolute Gasteiger partial charge is 0.315 e. The Morgan fingerprint density at radius 2 is 1.83 bits per heavy atom. The van der Waals surface area contributed by atoms with E-state index in [1.807, 2.05) is 56.3 Å². The van der Waals surface area contributed by atoms with Crippen molar-refractivity contribution >= 4 is 33.4 Å². The number of nitrogens with zero attached hydrogens (tertiary/aromatic N) is 1. The van der Waals surface area contributed by atoms with Gasteiger partial charge in [0, 0.05) is 33.8 Å². The van der Waals surface area contributed by atoms with Crippen molar-refractivity contribution in [2.24, 2.45) is 10.9 Å². The molecule has 0 spiro atoms. The second-order valence-corrected chi connectivity index (χ2v) is 9.76. The van der Waals surface area contributed by atoms with Crippen LogP contribution < -0.4 is 9.47 Å². The number of hydrogen-bond acceptors (Lipinski definition) is 6. The van der Waals surface area contributed by atoms with Gasteiger partial charge in [-0.15, -0.1) is 0 Å². The van der Waals surface area contributed by atoms with Crippen molar-refractivity contribution in [2.75, 3.05) is 20.8 Å². The summed E-state index contributed by atoms with van der Waals surface area (Å²) < 4.78 is 17.2. The number of hydrogen-bond donors (Lipinski definition) is 0. The highest BCUT2D eigenvalue weighted by molar-refractivity contribution is 9.10. The van der Waals surface area contributed by atoms with Crippen LogP contribution in [0.5, 0.6) is 11.5 Å². The molecule has 2 aromatic carbocycles. The number of allylic oxidation sites excluding steroid dienone is 2. The number of carbonyl (C=O) groups is 2. The van der Waals surface area contributed by atoms with Crippen LogP contribution in [0.4, 0.5) is 0 Å². The molecule has 0 fully saturated rings. The molecule has 1 aliphatic heterocycles. The van der Waals surface area contributed by atoms with Crippen LogP contribution >= 0.6 is 15.9 Å². The van der Waals surface area contributed by atoms with Crippen molar-refractivity contribution in [3.63, 3.8) is 0 Å². The number of benzene rings is 2. The van der Waals surface area contributed by atoms with Crippen LogP contribution in [0.2, 0.25) is 0 Å². The van der Waals surface area contributed by atoms with Gasteiger partial charge in [-0.25, -0.2) is 0 Å². The molecule has 1 heterocycles. The SMILES string of the molecule is CCCOC(=O)C1C(C)=NC2=C(C(=O)C[C@H](c3ccc(OC)c(OC)c3)C2)[C@@H]1c1ccccc1Br. The van der Waals surface area contributed by atoms with Gasteiger partial charge in [0.1, 0.15) is 5.92 Å². The number of esters is 1. The zero-order chi connectivity index (χ0) is 25.1. The van der Waals surface area contributed by atoms with E-state index in [0.717, 1.165) is 27.7 Å². The van der Waals surface area contributed by atoms with Gasteiger partial charge in [-0.1, -0.05) is 47.1 Å². The summed E-state index contributed by atoms with van der Waals surface area (Å²) in [5.41, 5.74) is 3.94. The lowest BCUT2D eigenvalue weighted by Crippen LogP contribution is -2.38. The fraction of sp³-hybridized carbons (Fsp3) is 0.393. The number of halogens is 1. The summed E-state index contributed by atoms with van der Waals surface area (Å²) in [6.45, 7) is 4.16. The maximum Gasteiger partial charge on any atom is 0.315 e. The molecule has 0 saturated heterocycles. The summed E-state index contributed by atoms with van der Waals surface area (Å²) in [5.74, 6) is -0.174. The molecule has 0 N–H and O–H groups in total. The highest BCUT2D eigenvalue weighted by atomic mass is 79.9. The van der Waals surface area contributed by atoms with Crippen LogP contribution in [0.3, 0.4) is 0 Å². The number of ketones is 1. The van der Waals surface area contributed by atoms with E-state index < -0.39 is 11.8 Å². The third-order valence-electron chi connectivity index (χ3n) is 6.71. The molecule has 0 saturated carbocycles. The predicted molar refractivity (Wildman–Crippen MR) is 138 cm³/mol. The van der Waals surface area contributed by atoms with Crippen molar-refractivity contribution in [2.45, 2.75) is 44.9 Å². The average Bonchev–Trinajstić information content (AvgIpc) is 2.86. The largest absolute Gasteiger partial charge is 0.493 e. The van der Waals surface area contributed by atoms with Crippen molar-refractivity contribution in [3.05, 3.63) is 69.3 Å². The van der Waals surface area contributed by atoms with Gasteiger partial charge in [-0.2, -0.15) is 0 Å². The van der Waals surface area contributed by atoms with Gasteiger partial charge in [-0.05, 0) is 55.0 Å². The molecular formula is C28H30BrNO5. The molecule has 35 heavy (non-hydrogen) atoms. The van der Waals surface area contributed by atoms with E-state index in [-0.39, 0.29) is 17.7 Å². The van der Waals surface area contributed by atoms with E-state index in [9.17, 15) is 9.59 Å². The summed E-state index contributed by atoms with van der Waals surface area (Å²) in [5, 5.41) is 0. The lowest BCUT2D eigenvalue weighted by atomic mass is 9.69. The van der Waals surface area contributed by atoms with Crippen LogP contribution in [-0.4, -0.2) is 38.3 Å². The molecule has 7 heteroatoms. The maximum atomic E-state index is 13.7. The monoisotopic (exact) mass is 539 g/mol. The first-order valence-electron chi connectivity index (χ1n) is 11.8. The lowest BCUT2D eigenvalue weighted by Gasteiger charge is -2.37. The Balaban J connectivity index is 1.77. The van der Waals surface area contributed by atoms with Crippen LogP contribution in [0.25, 0.3) is 0 Å². The Kier molecular flexibility index (Phi) is 7.75. The van der Waals surface area contributed by atoms with Crippen molar-refractivity contribution in [1.82, 2.24) is 0 Å². The Hall–Kier alpha value is -2.93. The highest BCUT2D eigenvalue weighted by Crippen LogP contribution is 2.48. The molecule has 1 unspecified atom stereocenters. The number of ether oxygens (including phenoxy) is 3. The summed E-state index contributed by atoms with van der Waals surface area (Å²) in [4.78, 5) is 31.7. The van der Waals surface area contributed by atoms with Crippen molar-refractivity contribution < 1.29 is 23.8 Å². The molecule has 2 aliphatic rings. The molecule has 0 radical (unpaired) electrons. The van der Waals surface area contributed by atoms with Gasteiger partial charge in [0.25, 0.3) is 0 Å². The number of aliphatic imine (C=N–C) groups is 1. The summed E-state index contributed by atoms with van der Waals surface area (Å²) in [6.07, 6.45) is 1.67. The zero-order valence-electron chi connectivity index (χ0n) is 20.5. The van der Waals surface area contributed by atoms with Crippen molar-refractivity contribution in [1.29, 1.82) is 0 Å². The molecule has 1 aliphatic carbocycles. The maximum absolute atomic E-state index is 13.7. The van der Waals surface area contributed by atoms with Gasteiger partial charge >= 0.3 is 5.97 Å². The third kappa shape index (κ3) is 4.92. The second kappa shape index (κ2) is 10.8. The van der Waals surface area contributed by atoms with E-state index in [0.29, 0.717) is 42.2 Å². The van der Waals surface area contributed by atoms with E-state index in [2.05, 4.69) is 15.9 Å². The molecule has 2 aromatic rings. The highest BCUT2D eigenvalue weighted by Gasteiger charge is 2.45. The standard InChI is InChI=1S/C28H30BrNO5/c1-5-12-35-28(32)25-16(2)30-21-13-18(17-10-11-23(33-3)24(15-17)34-4)14-22(31)27(21)26(25)19-8-6-7-9-20(19)29/h6-11,15,18,25-26H,5,12-14H2,1-4H3/t18-,25?,26-/m1/s1. The molecule has 6 nitrogen and oxygen atoms in total. The predicted octanol–water partition coefficient (Wildman–Crippen LogP) is 5.99. The first-order valence-corrected chi connectivity index (χ1v) is 12.6. The van der Waals surface area contributed by atoms with Gasteiger partial charge in [0.05, 0.1) is 20.8 Å². The van der Waals surface area contributed by atoms with Crippen LogP contribution in [0.15, 0.2) is 63.2 Å². The van der Waals surface area contributed by atoms with Crippen LogP contribution in [0, 0.1) is 5.92 Å². The first kappa shape index (κ1) is 25.2. The Bertz CT molecular complexity index is 1200. The molecular weight excluding hydrogens is 510 g/mol. The van der Waals surface area contributed by atoms with Crippen LogP contribution in [-0.2, 0) is 14.3 Å². The second-order valence-electron chi connectivity index (χ2n) is 8.90. The zero-order valence-corrected chi connectivity index (χ0v) is 22.1. The minimum Gasteiger partial charge on any atom is -0.493 e. The average molecular weight is 540 g/mol. The minimum atomic E-state index is -0.638. The molecule has 0 aromatic heterocycles. The minimum absolute atomic E-state index is 0.0105. The number of Topliss-reactive ketones (excluding diaryl/α,β-unsaturated/α-hetero) is 1. The molecule has 0 amide bonds. The fourth-order valence-corrected chi connectivity index (χ4v) is 5.59. The Morgan fingerprint density at radius 3 is 2.51 bits per heavy atom. The van der Waals surface area contributed by atoms with E-state index >= 15 is 0 Å². The summed E-state index contributed by atoms with van der Waals surface area (Å²) in [6, 6.07) is 13.5. The van der Waals surface area contributed by atoms with E-state index in [1.54, 1.807) is 14.2 Å². The van der Waals surface area contributed by atoms with Gasteiger partial charge in [0.2, 0.25) is 0 Å². The van der Waals surface area contributed by atoms with Crippen molar-refractivity contribution in [3.8, 4) is 11.5 Å². The van der Waals surface area contributed by atoms with Gasteiger partial charge < -0.3 is 14.2 Å². The first-order chi connectivity index (χ1) is 16.9. The molecule has 0 bridgehead atoms.